The number of rotatable bonds is 6. The Balaban J connectivity index is 1.69. The van der Waals surface area contributed by atoms with Crippen molar-refractivity contribution in [2.24, 2.45) is 0 Å². The Morgan fingerprint density at radius 2 is 1.96 bits per heavy atom. The minimum atomic E-state index is -1.89. The van der Waals surface area contributed by atoms with Crippen LogP contribution in [0.25, 0.3) is 0 Å². The zero-order valence-electron chi connectivity index (χ0n) is 15.6. The van der Waals surface area contributed by atoms with Crippen LogP contribution in [0.4, 0.5) is 0 Å². The van der Waals surface area contributed by atoms with E-state index in [-0.39, 0.29) is 13.0 Å². The summed E-state index contributed by atoms with van der Waals surface area (Å²) in [6.45, 7) is 1.36. The Morgan fingerprint density at radius 1 is 1.21 bits per heavy atom. The monoisotopic (exact) mass is 388 g/mol. The summed E-state index contributed by atoms with van der Waals surface area (Å²) in [6, 6.07) is 8.29. The van der Waals surface area contributed by atoms with Gasteiger partial charge in [-0.15, -0.1) is 0 Å². The van der Waals surface area contributed by atoms with Crippen molar-refractivity contribution in [2.45, 2.75) is 50.3 Å². The lowest BCUT2D eigenvalue weighted by atomic mass is 10.0. The fraction of sp³-hybridized carbons (Fsp3) is 0.429. The van der Waals surface area contributed by atoms with Crippen LogP contribution in [0, 0.1) is 0 Å². The first-order chi connectivity index (χ1) is 13.4. The summed E-state index contributed by atoms with van der Waals surface area (Å²) in [4.78, 5) is 24.6. The molecule has 4 atom stereocenters. The van der Waals surface area contributed by atoms with Crippen molar-refractivity contribution in [1.29, 1.82) is 0 Å². The van der Waals surface area contributed by atoms with Crippen LogP contribution >= 0.6 is 0 Å². The Bertz CT molecular complexity index is 770. The predicted octanol–water partition coefficient (Wildman–Crippen LogP) is 1.89. The van der Waals surface area contributed by atoms with Gasteiger partial charge in [-0.05, 0) is 25.0 Å². The standard InChI is InChI=1S/C21H24O7/c1-2-21(25)18(22)17(27-20(24)15-11-7-4-8-12-15)16(28-21)13-26-19(23)14-9-5-3-6-10-14/h4-5,7-12,16-18,22,25H,2-3,6,13H2,1H3/t16-,17+,18-,21-/m1/s1. The van der Waals surface area contributed by atoms with E-state index < -0.39 is 36.0 Å². The first kappa shape index (κ1) is 20.3. The first-order valence-corrected chi connectivity index (χ1v) is 9.32. The molecule has 150 valence electrons. The highest BCUT2D eigenvalue weighted by atomic mass is 16.7. The van der Waals surface area contributed by atoms with Gasteiger partial charge in [0, 0.05) is 6.42 Å². The number of esters is 2. The van der Waals surface area contributed by atoms with E-state index in [1.54, 1.807) is 49.4 Å². The molecule has 1 heterocycles. The molecule has 1 aliphatic heterocycles. The second-order valence-electron chi connectivity index (χ2n) is 6.77. The summed E-state index contributed by atoms with van der Waals surface area (Å²) in [6.07, 6.45) is 3.41. The van der Waals surface area contributed by atoms with Gasteiger partial charge in [0.25, 0.3) is 0 Å². The highest BCUT2D eigenvalue weighted by Gasteiger charge is 2.55. The smallest absolute Gasteiger partial charge is 0.338 e. The summed E-state index contributed by atoms with van der Waals surface area (Å²) >= 11 is 0. The van der Waals surface area contributed by atoms with Gasteiger partial charge in [-0.3, -0.25) is 0 Å². The molecule has 2 aliphatic rings. The van der Waals surface area contributed by atoms with Crippen molar-refractivity contribution in [2.75, 3.05) is 6.61 Å². The molecule has 7 nitrogen and oxygen atoms in total. The van der Waals surface area contributed by atoms with Crippen LogP contribution < -0.4 is 0 Å². The van der Waals surface area contributed by atoms with Gasteiger partial charge in [-0.25, -0.2) is 9.59 Å². The van der Waals surface area contributed by atoms with Crippen molar-refractivity contribution < 1.29 is 34.0 Å². The number of carbonyl (C=O) groups is 2. The number of aliphatic hydroxyl groups is 2. The van der Waals surface area contributed by atoms with Gasteiger partial charge in [-0.1, -0.05) is 43.4 Å². The summed E-state index contributed by atoms with van der Waals surface area (Å²) in [7, 11) is 0. The molecule has 3 rings (SSSR count). The molecule has 0 saturated carbocycles. The van der Waals surface area contributed by atoms with E-state index in [2.05, 4.69) is 0 Å². The average Bonchev–Trinajstić information content (AvgIpc) is 2.98. The number of hydrogen-bond acceptors (Lipinski definition) is 7. The summed E-state index contributed by atoms with van der Waals surface area (Å²) < 4.78 is 16.2. The van der Waals surface area contributed by atoms with E-state index in [0.29, 0.717) is 11.1 Å². The quantitative estimate of drug-likeness (QED) is 0.718. The van der Waals surface area contributed by atoms with Crippen LogP contribution in [0.3, 0.4) is 0 Å². The number of carbonyl (C=O) groups excluding carboxylic acids is 2. The highest BCUT2D eigenvalue weighted by molar-refractivity contribution is 5.91. The van der Waals surface area contributed by atoms with Gasteiger partial charge in [0.1, 0.15) is 18.8 Å². The lowest BCUT2D eigenvalue weighted by Gasteiger charge is -2.24. The van der Waals surface area contributed by atoms with Crippen molar-refractivity contribution in [3.63, 3.8) is 0 Å². The molecule has 2 N–H and O–H groups in total. The molecule has 0 spiro atoms. The molecule has 1 aromatic rings. The van der Waals surface area contributed by atoms with E-state index in [4.69, 9.17) is 14.2 Å². The van der Waals surface area contributed by atoms with Crippen LogP contribution in [0.5, 0.6) is 0 Å². The van der Waals surface area contributed by atoms with Crippen LogP contribution in [0.1, 0.15) is 36.5 Å². The third-order valence-corrected chi connectivity index (χ3v) is 4.86. The van der Waals surface area contributed by atoms with Gasteiger partial charge in [0.15, 0.2) is 11.9 Å². The largest absolute Gasteiger partial charge is 0.459 e. The Labute approximate surface area is 163 Å². The van der Waals surface area contributed by atoms with Crippen molar-refractivity contribution in [1.82, 2.24) is 0 Å². The third kappa shape index (κ3) is 4.32. The van der Waals surface area contributed by atoms with Crippen LogP contribution in [0.2, 0.25) is 0 Å². The van der Waals surface area contributed by atoms with Crippen molar-refractivity contribution in [3.05, 3.63) is 59.7 Å². The van der Waals surface area contributed by atoms with Crippen LogP contribution in [0.15, 0.2) is 54.1 Å². The minimum absolute atomic E-state index is 0.0753. The molecule has 0 aromatic heterocycles. The molecular formula is C21H24O7. The lowest BCUT2D eigenvalue weighted by Crippen LogP contribution is -2.44. The van der Waals surface area contributed by atoms with Crippen molar-refractivity contribution >= 4 is 11.9 Å². The highest BCUT2D eigenvalue weighted by Crippen LogP contribution is 2.34. The SMILES string of the molecule is CC[C@@]1(O)O[C@H](COC(=O)C2=CCCC=C2)[C@H](OC(=O)c2ccccc2)[C@H]1O. The van der Waals surface area contributed by atoms with Crippen LogP contribution in [-0.4, -0.2) is 52.9 Å². The van der Waals surface area contributed by atoms with Gasteiger partial charge >= 0.3 is 11.9 Å². The molecule has 0 amide bonds. The zero-order valence-corrected chi connectivity index (χ0v) is 15.6. The van der Waals surface area contributed by atoms with E-state index in [0.717, 1.165) is 12.8 Å². The maximum Gasteiger partial charge on any atom is 0.338 e. The molecule has 0 radical (unpaired) electrons. The molecule has 0 bridgehead atoms. The zero-order chi connectivity index (χ0) is 20.1. The number of hydrogen-bond donors (Lipinski definition) is 2. The number of ether oxygens (including phenoxy) is 3. The number of aliphatic hydroxyl groups excluding tert-OH is 1. The normalized spacial score (nSPS) is 29.2. The summed E-state index contributed by atoms with van der Waals surface area (Å²) in [5.74, 6) is -3.08. The number of allylic oxidation sites excluding steroid dienone is 2. The minimum Gasteiger partial charge on any atom is -0.459 e. The van der Waals surface area contributed by atoms with Gasteiger partial charge in [-0.2, -0.15) is 0 Å². The molecule has 1 aliphatic carbocycles. The fourth-order valence-corrected chi connectivity index (χ4v) is 3.19. The third-order valence-electron chi connectivity index (χ3n) is 4.86. The van der Waals surface area contributed by atoms with Crippen molar-refractivity contribution in [3.8, 4) is 0 Å². The first-order valence-electron chi connectivity index (χ1n) is 9.32. The molecule has 28 heavy (non-hydrogen) atoms. The van der Waals surface area contributed by atoms with Gasteiger partial charge in [0.2, 0.25) is 0 Å². The maximum absolute atomic E-state index is 12.4. The predicted molar refractivity (Wildman–Crippen MR) is 99.2 cm³/mol. The lowest BCUT2D eigenvalue weighted by molar-refractivity contribution is -0.232. The van der Waals surface area contributed by atoms with Crippen LogP contribution in [-0.2, 0) is 19.0 Å². The molecule has 1 aromatic carbocycles. The van der Waals surface area contributed by atoms with E-state index in [9.17, 15) is 19.8 Å². The van der Waals surface area contributed by atoms with Gasteiger partial charge < -0.3 is 24.4 Å². The molecule has 1 saturated heterocycles. The fourth-order valence-electron chi connectivity index (χ4n) is 3.19. The average molecular weight is 388 g/mol. The molecule has 0 unspecified atom stereocenters. The van der Waals surface area contributed by atoms with E-state index in [1.165, 1.54) is 0 Å². The van der Waals surface area contributed by atoms with E-state index >= 15 is 0 Å². The summed E-state index contributed by atoms with van der Waals surface area (Å²) in [5, 5.41) is 21.0. The molecule has 7 heteroatoms. The second kappa shape index (κ2) is 8.68. The van der Waals surface area contributed by atoms with E-state index in [1.807, 2.05) is 6.08 Å². The Morgan fingerprint density at radius 3 is 2.61 bits per heavy atom. The van der Waals surface area contributed by atoms with Gasteiger partial charge in [0.05, 0.1) is 11.1 Å². The maximum atomic E-state index is 12.4. The molecule has 1 fully saturated rings. The topological polar surface area (TPSA) is 102 Å². The summed E-state index contributed by atoms with van der Waals surface area (Å²) in [5.41, 5.74) is 0.739. The molecular weight excluding hydrogens is 364 g/mol. The second-order valence-corrected chi connectivity index (χ2v) is 6.77. The number of benzene rings is 1. The Hall–Kier alpha value is -2.48. The Kier molecular flexibility index (Phi) is 6.28.